The molecule has 0 fully saturated rings. The third-order valence-corrected chi connectivity index (χ3v) is 4.33. The summed E-state index contributed by atoms with van der Waals surface area (Å²) in [5, 5.41) is 3.17. The monoisotopic (exact) mass is 432 g/mol. The molecule has 0 aromatic heterocycles. The van der Waals surface area contributed by atoms with E-state index in [0.717, 1.165) is 25.2 Å². The fourth-order valence-corrected chi connectivity index (χ4v) is 2.51. The second-order valence-electron chi connectivity index (χ2n) is 5.85. The Morgan fingerprint density at radius 3 is 2.17 bits per heavy atom. The highest BCUT2D eigenvalue weighted by molar-refractivity contribution is 14.0. The lowest BCUT2D eigenvalue weighted by molar-refractivity contribution is 0.237. The summed E-state index contributed by atoms with van der Waals surface area (Å²) in [6, 6.07) is 8.85. The van der Waals surface area contributed by atoms with E-state index in [0.29, 0.717) is 24.5 Å². The quantitative estimate of drug-likeness (QED) is 0.367. The van der Waals surface area contributed by atoms with Gasteiger partial charge in [-0.05, 0) is 50.0 Å². The molecule has 0 aliphatic heterocycles. The number of rotatable bonds is 8. The van der Waals surface area contributed by atoms with Crippen LogP contribution in [-0.4, -0.2) is 36.5 Å². The first-order valence-electron chi connectivity index (χ1n) is 8.42. The van der Waals surface area contributed by atoms with Crippen molar-refractivity contribution in [2.45, 2.75) is 53.0 Å². The largest absolute Gasteiger partial charge is 0.370 e. The molecule has 1 rings (SSSR count). The van der Waals surface area contributed by atoms with Gasteiger partial charge in [0.2, 0.25) is 0 Å². The molecular formula is C18H33IN4. The molecule has 1 aromatic rings. The van der Waals surface area contributed by atoms with Gasteiger partial charge in [0.1, 0.15) is 0 Å². The SMILES string of the molecule is CCC(C)c1ccc(NC(N)=NCC(C)N(CC)CC)cc1.I. The fourth-order valence-electron chi connectivity index (χ4n) is 2.51. The molecule has 0 bridgehead atoms. The van der Waals surface area contributed by atoms with Crippen LogP contribution in [-0.2, 0) is 0 Å². The van der Waals surface area contributed by atoms with Crippen LogP contribution in [0.25, 0.3) is 0 Å². The van der Waals surface area contributed by atoms with Gasteiger partial charge < -0.3 is 11.1 Å². The first-order chi connectivity index (χ1) is 10.5. The lowest BCUT2D eigenvalue weighted by atomic mass is 9.99. The topological polar surface area (TPSA) is 53.6 Å². The maximum Gasteiger partial charge on any atom is 0.193 e. The van der Waals surface area contributed by atoms with Gasteiger partial charge >= 0.3 is 0 Å². The molecule has 0 heterocycles. The van der Waals surface area contributed by atoms with Gasteiger partial charge in [0.25, 0.3) is 0 Å². The van der Waals surface area contributed by atoms with Crippen LogP contribution in [0.1, 0.15) is 52.5 Å². The van der Waals surface area contributed by atoms with E-state index < -0.39 is 0 Å². The zero-order valence-corrected chi connectivity index (χ0v) is 17.5. The standard InChI is InChI=1S/C18H32N4.HI/c1-6-14(4)16-9-11-17(12-10-16)21-18(19)20-13-15(5)22(7-2)8-3;/h9-12,14-15H,6-8,13H2,1-5H3,(H3,19,20,21);1H. The Balaban J connectivity index is 0.00000484. The molecule has 0 radical (unpaired) electrons. The van der Waals surface area contributed by atoms with Crippen LogP contribution < -0.4 is 11.1 Å². The van der Waals surface area contributed by atoms with Gasteiger partial charge in [-0.2, -0.15) is 0 Å². The van der Waals surface area contributed by atoms with E-state index in [9.17, 15) is 0 Å². The highest BCUT2D eigenvalue weighted by Crippen LogP contribution is 2.20. The number of nitrogens with two attached hydrogens (primary N) is 1. The minimum Gasteiger partial charge on any atom is -0.370 e. The minimum absolute atomic E-state index is 0. The molecular weight excluding hydrogens is 399 g/mol. The minimum atomic E-state index is 0. The highest BCUT2D eigenvalue weighted by atomic mass is 127. The van der Waals surface area contributed by atoms with Crippen molar-refractivity contribution in [2.75, 3.05) is 25.0 Å². The summed E-state index contributed by atoms with van der Waals surface area (Å²) in [5.74, 6) is 1.07. The first-order valence-corrected chi connectivity index (χ1v) is 8.42. The molecule has 1 aromatic carbocycles. The normalized spacial score (nSPS) is 14.3. The van der Waals surface area contributed by atoms with Crippen molar-refractivity contribution < 1.29 is 0 Å². The zero-order chi connectivity index (χ0) is 16.5. The summed E-state index contributed by atoms with van der Waals surface area (Å²) in [5.41, 5.74) is 8.33. The number of benzene rings is 1. The third-order valence-electron chi connectivity index (χ3n) is 4.33. The number of hydrogen-bond acceptors (Lipinski definition) is 2. The molecule has 23 heavy (non-hydrogen) atoms. The summed E-state index contributed by atoms with van der Waals surface area (Å²) >= 11 is 0. The maximum absolute atomic E-state index is 5.98. The highest BCUT2D eigenvalue weighted by Gasteiger charge is 2.09. The smallest absolute Gasteiger partial charge is 0.193 e. The van der Waals surface area contributed by atoms with Crippen molar-refractivity contribution in [2.24, 2.45) is 10.7 Å². The Hall–Kier alpha value is -0.820. The summed E-state index contributed by atoms with van der Waals surface area (Å²) in [6.45, 7) is 13.8. The molecule has 0 aliphatic rings. The molecule has 5 heteroatoms. The molecule has 0 saturated heterocycles. The van der Waals surface area contributed by atoms with E-state index in [1.54, 1.807) is 0 Å². The van der Waals surface area contributed by atoms with E-state index in [1.807, 2.05) is 0 Å². The number of likely N-dealkylation sites (N-methyl/N-ethyl adjacent to an activating group) is 1. The van der Waals surface area contributed by atoms with Crippen molar-refractivity contribution >= 4 is 35.6 Å². The molecule has 0 saturated carbocycles. The van der Waals surface area contributed by atoms with Crippen LogP contribution in [0.4, 0.5) is 5.69 Å². The Bertz CT molecular complexity index is 455. The number of nitrogens with one attached hydrogen (secondary N) is 1. The van der Waals surface area contributed by atoms with Gasteiger partial charge in [0.15, 0.2) is 5.96 Å². The second kappa shape index (κ2) is 11.7. The second-order valence-corrected chi connectivity index (χ2v) is 5.85. The van der Waals surface area contributed by atoms with Crippen LogP contribution in [0.2, 0.25) is 0 Å². The van der Waals surface area contributed by atoms with Crippen molar-refractivity contribution in [1.29, 1.82) is 0 Å². The summed E-state index contributed by atoms with van der Waals surface area (Å²) < 4.78 is 0. The predicted octanol–water partition coefficient (Wildman–Crippen LogP) is 4.28. The number of guanidine groups is 1. The van der Waals surface area contributed by atoms with Crippen molar-refractivity contribution in [3.8, 4) is 0 Å². The van der Waals surface area contributed by atoms with E-state index >= 15 is 0 Å². The number of nitrogens with zero attached hydrogens (tertiary/aromatic N) is 2. The predicted molar refractivity (Wildman–Crippen MR) is 113 cm³/mol. The number of anilines is 1. The Kier molecular flexibility index (Phi) is 11.3. The lowest BCUT2D eigenvalue weighted by Crippen LogP contribution is -2.36. The van der Waals surface area contributed by atoms with Gasteiger partial charge in [-0.3, -0.25) is 9.89 Å². The summed E-state index contributed by atoms with van der Waals surface area (Å²) in [6.07, 6.45) is 1.15. The number of hydrogen-bond donors (Lipinski definition) is 2. The average molecular weight is 432 g/mol. The molecule has 0 spiro atoms. The van der Waals surface area contributed by atoms with Crippen molar-refractivity contribution in [3.05, 3.63) is 29.8 Å². The summed E-state index contributed by atoms with van der Waals surface area (Å²) in [7, 11) is 0. The molecule has 0 amide bonds. The first kappa shape index (κ1) is 22.2. The van der Waals surface area contributed by atoms with Crippen LogP contribution in [0, 0.1) is 0 Å². The fraction of sp³-hybridized carbons (Fsp3) is 0.611. The Labute approximate surface area is 158 Å². The van der Waals surface area contributed by atoms with Crippen LogP contribution in [0.5, 0.6) is 0 Å². The molecule has 2 unspecified atom stereocenters. The van der Waals surface area contributed by atoms with Gasteiger partial charge in [-0.1, -0.05) is 39.8 Å². The van der Waals surface area contributed by atoms with Crippen LogP contribution >= 0.6 is 24.0 Å². The molecule has 3 N–H and O–H groups in total. The Morgan fingerprint density at radius 2 is 1.70 bits per heavy atom. The van der Waals surface area contributed by atoms with Gasteiger partial charge in [0, 0.05) is 11.7 Å². The molecule has 132 valence electrons. The van der Waals surface area contributed by atoms with E-state index in [1.165, 1.54) is 5.56 Å². The van der Waals surface area contributed by atoms with Gasteiger partial charge in [-0.25, -0.2) is 0 Å². The van der Waals surface area contributed by atoms with Crippen molar-refractivity contribution in [3.63, 3.8) is 0 Å². The average Bonchev–Trinajstić information content (AvgIpc) is 2.54. The molecule has 4 nitrogen and oxygen atoms in total. The Morgan fingerprint density at radius 1 is 1.13 bits per heavy atom. The van der Waals surface area contributed by atoms with Crippen LogP contribution in [0.15, 0.2) is 29.3 Å². The van der Waals surface area contributed by atoms with Gasteiger partial charge in [-0.15, -0.1) is 24.0 Å². The van der Waals surface area contributed by atoms with E-state index in [4.69, 9.17) is 5.73 Å². The van der Waals surface area contributed by atoms with Crippen molar-refractivity contribution in [1.82, 2.24) is 4.90 Å². The van der Waals surface area contributed by atoms with Crippen LogP contribution in [0.3, 0.4) is 0 Å². The lowest BCUT2D eigenvalue weighted by Gasteiger charge is -2.24. The maximum atomic E-state index is 5.98. The third kappa shape index (κ3) is 7.52. The summed E-state index contributed by atoms with van der Waals surface area (Å²) in [4.78, 5) is 6.82. The van der Waals surface area contributed by atoms with E-state index in [-0.39, 0.29) is 24.0 Å². The number of aliphatic imine (C=N–C) groups is 1. The van der Waals surface area contributed by atoms with E-state index in [2.05, 4.69) is 74.1 Å². The number of halogens is 1. The molecule has 0 aliphatic carbocycles. The molecule has 2 atom stereocenters. The van der Waals surface area contributed by atoms with Gasteiger partial charge in [0.05, 0.1) is 6.54 Å². The zero-order valence-electron chi connectivity index (χ0n) is 15.2.